The standard InChI is InChI=1S/C27H29N3O5/c1-27(2,33)24(26(32)29-34)28-25(31)23-13-11-21(12-14-23)6-4-3-5-20-7-9-22(10-8-20)19-30-15-17-35-18-16-30/h7-14,24,33-34H,15-19H2,1-2H3,(H,28,31)(H,29,32)/t24-/m1/s1. The van der Waals surface area contributed by atoms with Gasteiger partial charge in [-0.05, 0) is 67.6 Å². The number of hydroxylamine groups is 1. The average Bonchev–Trinajstić information content (AvgIpc) is 2.86. The van der Waals surface area contributed by atoms with E-state index in [4.69, 9.17) is 9.94 Å². The predicted octanol–water partition coefficient (Wildman–Crippen LogP) is 1.30. The third kappa shape index (κ3) is 7.96. The fraction of sp³-hybridized carbons (Fsp3) is 0.333. The molecular weight excluding hydrogens is 446 g/mol. The van der Waals surface area contributed by atoms with E-state index < -0.39 is 23.5 Å². The van der Waals surface area contributed by atoms with Crippen molar-refractivity contribution in [3.05, 3.63) is 70.8 Å². The van der Waals surface area contributed by atoms with E-state index in [2.05, 4.69) is 46.0 Å². The smallest absolute Gasteiger partial charge is 0.268 e. The molecule has 1 fully saturated rings. The van der Waals surface area contributed by atoms with Gasteiger partial charge >= 0.3 is 0 Å². The van der Waals surface area contributed by atoms with Crippen molar-refractivity contribution in [3.8, 4) is 23.7 Å². The Bertz CT molecular complexity index is 1140. The average molecular weight is 476 g/mol. The van der Waals surface area contributed by atoms with Gasteiger partial charge in [-0.15, -0.1) is 0 Å². The molecule has 0 aromatic heterocycles. The summed E-state index contributed by atoms with van der Waals surface area (Å²) in [6, 6.07) is 13.2. The number of hydrogen-bond acceptors (Lipinski definition) is 6. The summed E-state index contributed by atoms with van der Waals surface area (Å²) in [6.45, 7) is 7.07. The third-order valence-electron chi connectivity index (χ3n) is 5.44. The van der Waals surface area contributed by atoms with Gasteiger partial charge in [0.05, 0.1) is 18.8 Å². The Morgan fingerprint density at radius 1 is 1.00 bits per heavy atom. The van der Waals surface area contributed by atoms with Crippen LogP contribution in [-0.4, -0.2) is 65.0 Å². The summed E-state index contributed by atoms with van der Waals surface area (Å²) in [5.41, 5.74) is 2.93. The Balaban J connectivity index is 1.56. The summed E-state index contributed by atoms with van der Waals surface area (Å²) in [7, 11) is 0. The van der Waals surface area contributed by atoms with Crippen molar-refractivity contribution in [2.24, 2.45) is 0 Å². The maximum atomic E-state index is 12.4. The van der Waals surface area contributed by atoms with Crippen molar-refractivity contribution in [3.63, 3.8) is 0 Å². The summed E-state index contributed by atoms with van der Waals surface area (Å²) in [4.78, 5) is 26.6. The number of rotatable bonds is 6. The van der Waals surface area contributed by atoms with Gasteiger partial charge in [-0.2, -0.15) is 0 Å². The number of hydrogen-bond donors (Lipinski definition) is 4. The number of nitrogens with one attached hydrogen (secondary N) is 2. The SMILES string of the molecule is CC(C)(O)[C@H](NC(=O)c1ccc(C#CC#Cc2ccc(CN3CCOCC3)cc2)cc1)C(=O)NO. The highest BCUT2D eigenvalue weighted by Gasteiger charge is 2.34. The Hall–Kier alpha value is -3.66. The van der Waals surface area contributed by atoms with Crippen LogP contribution in [0, 0.1) is 23.7 Å². The van der Waals surface area contributed by atoms with Crippen molar-refractivity contribution in [1.29, 1.82) is 0 Å². The Morgan fingerprint density at radius 3 is 2.06 bits per heavy atom. The zero-order valence-corrected chi connectivity index (χ0v) is 19.8. The lowest BCUT2D eigenvalue weighted by atomic mass is 9.97. The normalized spacial score (nSPS) is 14.5. The maximum absolute atomic E-state index is 12.4. The second kappa shape index (κ2) is 12.2. The second-order valence-corrected chi connectivity index (χ2v) is 8.70. The zero-order valence-electron chi connectivity index (χ0n) is 19.8. The van der Waals surface area contributed by atoms with E-state index in [1.54, 1.807) is 24.3 Å². The van der Waals surface area contributed by atoms with Crippen molar-refractivity contribution < 1.29 is 24.6 Å². The molecule has 1 heterocycles. The predicted molar refractivity (Wildman–Crippen MR) is 130 cm³/mol. The van der Waals surface area contributed by atoms with E-state index in [0.717, 1.165) is 38.4 Å². The van der Waals surface area contributed by atoms with Crippen LogP contribution >= 0.6 is 0 Å². The number of nitrogens with zero attached hydrogens (tertiary/aromatic N) is 1. The lowest BCUT2D eigenvalue weighted by Crippen LogP contribution is -2.57. The van der Waals surface area contributed by atoms with E-state index >= 15 is 0 Å². The number of carbonyl (C=O) groups is 2. The molecule has 2 amide bonds. The fourth-order valence-electron chi connectivity index (χ4n) is 3.46. The van der Waals surface area contributed by atoms with E-state index in [1.807, 2.05) is 12.1 Å². The first-order valence-electron chi connectivity index (χ1n) is 11.2. The molecule has 182 valence electrons. The molecule has 8 nitrogen and oxygen atoms in total. The Labute approximate surface area is 205 Å². The van der Waals surface area contributed by atoms with Crippen molar-refractivity contribution in [2.45, 2.75) is 32.0 Å². The summed E-state index contributed by atoms with van der Waals surface area (Å²) >= 11 is 0. The van der Waals surface area contributed by atoms with E-state index in [0.29, 0.717) is 5.56 Å². The Morgan fingerprint density at radius 2 is 1.54 bits per heavy atom. The van der Waals surface area contributed by atoms with Crippen LogP contribution in [0.3, 0.4) is 0 Å². The number of amides is 2. The molecule has 0 radical (unpaired) electrons. The summed E-state index contributed by atoms with van der Waals surface area (Å²) in [5.74, 6) is 10.1. The summed E-state index contributed by atoms with van der Waals surface area (Å²) in [6.07, 6.45) is 0. The number of carbonyl (C=O) groups excluding carboxylic acids is 2. The lowest BCUT2D eigenvalue weighted by molar-refractivity contribution is -0.136. The molecule has 0 bridgehead atoms. The molecule has 0 saturated carbocycles. The number of aliphatic hydroxyl groups is 1. The molecular formula is C27H29N3O5. The summed E-state index contributed by atoms with van der Waals surface area (Å²) < 4.78 is 5.38. The lowest BCUT2D eigenvalue weighted by Gasteiger charge is -2.28. The van der Waals surface area contributed by atoms with Gasteiger partial charge in [0, 0.05) is 36.3 Å². The zero-order chi connectivity index (χ0) is 25.3. The van der Waals surface area contributed by atoms with Crippen molar-refractivity contribution in [1.82, 2.24) is 15.7 Å². The molecule has 0 unspecified atom stereocenters. The first kappa shape index (κ1) is 26.0. The quantitative estimate of drug-likeness (QED) is 0.285. The molecule has 1 aliphatic rings. The molecule has 3 rings (SSSR count). The molecule has 0 aliphatic carbocycles. The van der Waals surface area contributed by atoms with Crippen LogP contribution in [0.25, 0.3) is 0 Å². The third-order valence-corrected chi connectivity index (χ3v) is 5.44. The minimum Gasteiger partial charge on any atom is -0.388 e. The van der Waals surface area contributed by atoms with Gasteiger partial charge in [0.1, 0.15) is 6.04 Å². The van der Waals surface area contributed by atoms with Crippen LogP contribution in [-0.2, 0) is 16.1 Å². The van der Waals surface area contributed by atoms with Gasteiger partial charge in [0.2, 0.25) is 0 Å². The topological polar surface area (TPSA) is 111 Å². The molecule has 1 aliphatic heterocycles. The van der Waals surface area contributed by atoms with Crippen LogP contribution in [0.15, 0.2) is 48.5 Å². The van der Waals surface area contributed by atoms with Crippen LogP contribution in [0.2, 0.25) is 0 Å². The molecule has 4 N–H and O–H groups in total. The van der Waals surface area contributed by atoms with Gasteiger partial charge in [0.25, 0.3) is 11.8 Å². The van der Waals surface area contributed by atoms with Crippen molar-refractivity contribution >= 4 is 11.8 Å². The van der Waals surface area contributed by atoms with Gasteiger partial charge < -0.3 is 15.2 Å². The Kier molecular flexibility index (Phi) is 9.02. The number of ether oxygens (including phenoxy) is 1. The minimum atomic E-state index is -1.57. The molecule has 2 aromatic carbocycles. The molecule has 35 heavy (non-hydrogen) atoms. The number of benzene rings is 2. The largest absolute Gasteiger partial charge is 0.388 e. The van der Waals surface area contributed by atoms with E-state index in [1.165, 1.54) is 24.9 Å². The van der Waals surface area contributed by atoms with Gasteiger partial charge in [-0.3, -0.25) is 19.7 Å². The monoisotopic (exact) mass is 475 g/mol. The highest BCUT2D eigenvalue weighted by Crippen LogP contribution is 2.11. The van der Waals surface area contributed by atoms with Gasteiger partial charge in [0.15, 0.2) is 0 Å². The van der Waals surface area contributed by atoms with Crippen LogP contribution in [0.4, 0.5) is 0 Å². The van der Waals surface area contributed by atoms with Crippen LogP contribution in [0.1, 0.15) is 40.9 Å². The highest BCUT2D eigenvalue weighted by molar-refractivity contribution is 5.97. The van der Waals surface area contributed by atoms with Gasteiger partial charge in [-0.1, -0.05) is 24.0 Å². The first-order chi connectivity index (χ1) is 16.8. The number of morpholine rings is 1. The molecule has 1 saturated heterocycles. The minimum absolute atomic E-state index is 0.277. The maximum Gasteiger partial charge on any atom is 0.268 e. The molecule has 1 atom stereocenters. The molecule has 8 heteroatoms. The van der Waals surface area contributed by atoms with Crippen LogP contribution < -0.4 is 10.8 Å². The van der Waals surface area contributed by atoms with E-state index in [-0.39, 0.29) is 5.56 Å². The second-order valence-electron chi connectivity index (χ2n) is 8.70. The molecule has 0 spiro atoms. The molecule has 2 aromatic rings. The van der Waals surface area contributed by atoms with Crippen LogP contribution in [0.5, 0.6) is 0 Å². The summed E-state index contributed by atoms with van der Waals surface area (Å²) in [5, 5.41) is 21.3. The van der Waals surface area contributed by atoms with Gasteiger partial charge in [-0.25, -0.2) is 5.48 Å². The highest BCUT2D eigenvalue weighted by atomic mass is 16.5. The first-order valence-corrected chi connectivity index (χ1v) is 11.2. The van der Waals surface area contributed by atoms with Crippen molar-refractivity contribution in [2.75, 3.05) is 26.3 Å². The van der Waals surface area contributed by atoms with E-state index in [9.17, 15) is 14.7 Å². The fourth-order valence-corrected chi connectivity index (χ4v) is 3.46.